The molecular formula is C12H12F3N3O. The smallest absolute Gasteiger partial charge is 0.396 e. The first kappa shape index (κ1) is 13.5. The Hall–Kier alpha value is -1.89. The van der Waals surface area contributed by atoms with E-state index in [2.05, 4.69) is 9.97 Å². The van der Waals surface area contributed by atoms with E-state index in [9.17, 15) is 13.2 Å². The number of benzene rings is 1. The molecule has 4 nitrogen and oxygen atoms in total. The molecule has 2 aromatic rings. The Labute approximate surface area is 107 Å². The van der Waals surface area contributed by atoms with Crippen molar-refractivity contribution in [3.8, 4) is 0 Å². The number of rotatable bonds is 3. The number of hydrogen-bond donors (Lipinski definition) is 2. The molecule has 0 radical (unpaired) electrons. The van der Waals surface area contributed by atoms with Gasteiger partial charge in [-0.3, -0.25) is 0 Å². The van der Waals surface area contributed by atoms with E-state index >= 15 is 0 Å². The van der Waals surface area contributed by atoms with Crippen LogP contribution < -0.4 is 5.73 Å². The Morgan fingerprint density at radius 3 is 2.58 bits per heavy atom. The van der Waals surface area contributed by atoms with Gasteiger partial charge >= 0.3 is 6.18 Å². The third kappa shape index (κ3) is 2.93. The van der Waals surface area contributed by atoms with Gasteiger partial charge < -0.3 is 10.8 Å². The molecule has 102 valence electrons. The molecule has 0 fully saturated rings. The third-order valence-corrected chi connectivity index (χ3v) is 2.66. The van der Waals surface area contributed by atoms with Crippen LogP contribution in [0.15, 0.2) is 18.2 Å². The Morgan fingerprint density at radius 1 is 1.21 bits per heavy atom. The van der Waals surface area contributed by atoms with E-state index in [0.29, 0.717) is 24.1 Å². The highest BCUT2D eigenvalue weighted by atomic mass is 19.4. The number of aromatic nitrogens is 2. The maximum Gasteiger partial charge on any atom is 0.416 e. The maximum atomic E-state index is 12.6. The lowest BCUT2D eigenvalue weighted by molar-refractivity contribution is -0.137. The quantitative estimate of drug-likeness (QED) is 0.897. The summed E-state index contributed by atoms with van der Waals surface area (Å²) in [7, 11) is 0. The minimum Gasteiger partial charge on any atom is -0.396 e. The van der Waals surface area contributed by atoms with Crippen LogP contribution in [0.2, 0.25) is 0 Å². The summed E-state index contributed by atoms with van der Waals surface area (Å²) in [5.41, 5.74) is 5.08. The largest absolute Gasteiger partial charge is 0.416 e. The number of fused-ring (bicyclic) bond motifs is 1. The van der Waals surface area contributed by atoms with Crippen molar-refractivity contribution in [2.45, 2.75) is 19.0 Å². The zero-order chi connectivity index (χ0) is 14.0. The number of nitrogens with two attached hydrogens (primary N) is 1. The van der Waals surface area contributed by atoms with E-state index in [1.54, 1.807) is 0 Å². The Morgan fingerprint density at radius 2 is 1.95 bits per heavy atom. The molecule has 0 atom stereocenters. The van der Waals surface area contributed by atoms with Gasteiger partial charge in [-0.15, -0.1) is 0 Å². The fraction of sp³-hybridized carbons (Fsp3) is 0.333. The van der Waals surface area contributed by atoms with Crippen LogP contribution in [0.1, 0.15) is 17.8 Å². The molecule has 0 amide bonds. The molecule has 0 aliphatic carbocycles. The van der Waals surface area contributed by atoms with Gasteiger partial charge in [-0.1, -0.05) is 0 Å². The van der Waals surface area contributed by atoms with Crippen LogP contribution in [0.3, 0.4) is 0 Å². The molecule has 2 rings (SSSR count). The van der Waals surface area contributed by atoms with E-state index < -0.39 is 11.7 Å². The molecule has 19 heavy (non-hydrogen) atoms. The summed E-state index contributed by atoms with van der Waals surface area (Å²) in [5, 5.41) is 9.11. The van der Waals surface area contributed by atoms with Crippen molar-refractivity contribution in [1.29, 1.82) is 0 Å². The number of anilines is 1. The first-order valence-electron chi connectivity index (χ1n) is 5.66. The highest BCUT2D eigenvalue weighted by Gasteiger charge is 2.30. The lowest BCUT2D eigenvalue weighted by Gasteiger charge is -2.09. The number of aliphatic hydroxyl groups excluding tert-OH is 1. The lowest BCUT2D eigenvalue weighted by atomic mass is 10.1. The van der Waals surface area contributed by atoms with E-state index in [1.807, 2.05) is 0 Å². The van der Waals surface area contributed by atoms with Gasteiger partial charge in [0, 0.05) is 18.4 Å². The van der Waals surface area contributed by atoms with Gasteiger partial charge in [0.25, 0.3) is 0 Å². The van der Waals surface area contributed by atoms with Crippen LogP contribution >= 0.6 is 0 Å². The summed E-state index contributed by atoms with van der Waals surface area (Å²) < 4.78 is 37.8. The number of nitrogen functional groups attached to an aromatic ring is 1. The van der Waals surface area contributed by atoms with Gasteiger partial charge in [0.1, 0.15) is 11.6 Å². The summed E-state index contributed by atoms with van der Waals surface area (Å²) in [6.07, 6.45) is -3.62. The second-order valence-corrected chi connectivity index (χ2v) is 4.08. The monoisotopic (exact) mass is 271 g/mol. The first-order valence-corrected chi connectivity index (χ1v) is 5.66. The molecule has 3 N–H and O–H groups in total. The highest BCUT2D eigenvalue weighted by molar-refractivity contribution is 5.88. The van der Waals surface area contributed by atoms with E-state index in [1.165, 1.54) is 6.07 Å². The summed E-state index contributed by atoms with van der Waals surface area (Å²) in [4.78, 5) is 8.05. The molecule has 7 heteroatoms. The van der Waals surface area contributed by atoms with Crippen LogP contribution in [-0.4, -0.2) is 21.7 Å². The van der Waals surface area contributed by atoms with Gasteiger partial charge in [0.05, 0.1) is 11.1 Å². The second kappa shape index (κ2) is 5.00. The van der Waals surface area contributed by atoms with Crippen molar-refractivity contribution >= 4 is 16.7 Å². The number of halogens is 3. The molecule has 0 unspecified atom stereocenters. The average Bonchev–Trinajstić information content (AvgIpc) is 2.34. The average molecular weight is 271 g/mol. The van der Waals surface area contributed by atoms with Crippen LogP contribution in [0.4, 0.5) is 19.0 Å². The summed E-state index contributed by atoms with van der Waals surface area (Å²) >= 11 is 0. The van der Waals surface area contributed by atoms with Gasteiger partial charge in [0.2, 0.25) is 0 Å². The standard InChI is InChI=1S/C12H12F3N3O/c13-12(14,15)7-3-4-8-9(6-7)17-10(2-1-5-19)18-11(8)16/h3-4,6,19H,1-2,5H2,(H2,16,17,18). The first-order chi connectivity index (χ1) is 8.91. The lowest BCUT2D eigenvalue weighted by Crippen LogP contribution is -2.07. The number of hydrogen-bond acceptors (Lipinski definition) is 4. The molecule has 0 spiro atoms. The molecule has 1 aromatic carbocycles. The van der Waals surface area contributed by atoms with Gasteiger partial charge in [0.15, 0.2) is 0 Å². The minimum atomic E-state index is -4.42. The third-order valence-electron chi connectivity index (χ3n) is 2.66. The fourth-order valence-electron chi connectivity index (χ4n) is 1.73. The summed E-state index contributed by atoms with van der Waals surface area (Å²) in [6, 6.07) is 3.18. The fourth-order valence-corrected chi connectivity index (χ4v) is 1.73. The van der Waals surface area contributed by atoms with Crippen LogP contribution in [0.5, 0.6) is 0 Å². The minimum absolute atomic E-state index is 0.0378. The van der Waals surface area contributed by atoms with Crippen molar-refractivity contribution in [2.24, 2.45) is 0 Å². The van der Waals surface area contributed by atoms with E-state index in [4.69, 9.17) is 10.8 Å². The predicted molar refractivity (Wildman–Crippen MR) is 64.4 cm³/mol. The van der Waals surface area contributed by atoms with E-state index in [0.717, 1.165) is 12.1 Å². The predicted octanol–water partition coefficient (Wildman–Crippen LogP) is 2.16. The number of aliphatic hydroxyl groups is 1. The summed E-state index contributed by atoms with van der Waals surface area (Å²) in [6.45, 7) is -0.0378. The van der Waals surface area contributed by atoms with Crippen molar-refractivity contribution in [3.63, 3.8) is 0 Å². The van der Waals surface area contributed by atoms with E-state index in [-0.39, 0.29) is 17.9 Å². The highest BCUT2D eigenvalue weighted by Crippen LogP contribution is 2.31. The normalized spacial score (nSPS) is 12.0. The number of alkyl halides is 3. The van der Waals surface area contributed by atoms with Gasteiger partial charge in [-0.2, -0.15) is 13.2 Å². The number of nitrogens with zero attached hydrogens (tertiary/aromatic N) is 2. The van der Waals surface area contributed by atoms with Gasteiger partial charge in [-0.25, -0.2) is 9.97 Å². The molecule has 0 saturated carbocycles. The van der Waals surface area contributed by atoms with Gasteiger partial charge in [-0.05, 0) is 24.6 Å². The van der Waals surface area contributed by atoms with Crippen molar-refractivity contribution in [2.75, 3.05) is 12.3 Å². The Bertz CT molecular complexity index is 599. The van der Waals surface area contributed by atoms with Crippen LogP contribution in [0.25, 0.3) is 10.9 Å². The van der Waals surface area contributed by atoms with Crippen molar-refractivity contribution in [1.82, 2.24) is 9.97 Å². The molecule has 1 heterocycles. The molecular weight excluding hydrogens is 259 g/mol. The topological polar surface area (TPSA) is 72.0 Å². The maximum absolute atomic E-state index is 12.6. The Balaban J connectivity index is 2.50. The summed E-state index contributed by atoms with van der Waals surface area (Å²) in [5.74, 6) is 0.477. The van der Waals surface area contributed by atoms with Crippen LogP contribution in [0, 0.1) is 0 Å². The zero-order valence-electron chi connectivity index (χ0n) is 9.91. The zero-order valence-corrected chi connectivity index (χ0v) is 9.91. The van der Waals surface area contributed by atoms with Crippen molar-refractivity contribution in [3.05, 3.63) is 29.6 Å². The Kier molecular flexibility index (Phi) is 3.57. The molecule has 0 aliphatic rings. The number of aryl methyl sites for hydroxylation is 1. The molecule has 0 saturated heterocycles. The SMILES string of the molecule is Nc1nc(CCCO)nc2cc(C(F)(F)F)ccc12. The molecule has 0 bridgehead atoms. The second-order valence-electron chi connectivity index (χ2n) is 4.08. The molecule has 0 aliphatic heterocycles. The van der Waals surface area contributed by atoms with Crippen molar-refractivity contribution < 1.29 is 18.3 Å². The van der Waals surface area contributed by atoms with Crippen LogP contribution in [-0.2, 0) is 12.6 Å². The molecule has 1 aromatic heterocycles.